The van der Waals surface area contributed by atoms with Crippen molar-refractivity contribution in [2.45, 2.75) is 44.4 Å². The molecule has 3 aromatic rings. The Bertz CT molecular complexity index is 984. The van der Waals surface area contributed by atoms with Crippen molar-refractivity contribution in [3.8, 4) is 0 Å². The zero-order chi connectivity index (χ0) is 21.7. The first-order chi connectivity index (χ1) is 14.3. The van der Waals surface area contributed by atoms with E-state index in [-0.39, 0.29) is 37.0 Å². The van der Waals surface area contributed by atoms with Gasteiger partial charge in [-0.05, 0) is 55.7 Å². The average Bonchev–Trinajstić information content (AvgIpc) is 3.22. The van der Waals surface area contributed by atoms with Crippen LogP contribution in [0.4, 0.5) is 4.39 Å². The van der Waals surface area contributed by atoms with Crippen LogP contribution in [0.2, 0.25) is 5.02 Å². The van der Waals surface area contributed by atoms with Crippen molar-refractivity contribution in [3.05, 3.63) is 82.2 Å². The second-order valence-corrected chi connectivity index (χ2v) is 8.51. The summed E-state index contributed by atoms with van der Waals surface area (Å²) in [5.74, 6) is 0.109. The molecular formula is C23H24ClFN2O3. The minimum Gasteiger partial charge on any atom is -0.395 e. The highest BCUT2D eigenvalue weighted by Crippen LogP contribution is 2.27. The molecule has 0 aliphatic rings. The number of Topliss-reactive ketones (excluding diaryl/α,β-unsaturated/α-hetero) is 1. The highest BCUT2D eigenvalue weighted by atomic mass is 35.5. The Morgan fingerprint density at radius 2 is 1.77 bits per heavy atom. The predicted octanol–water partition coefficient (Wildman–Crippen LogP) is 4.66. The van der Waals surface area contributed by atoms with Gasteiger partial charge in [-0.25, -0.2) is 4.39 Å². The van der Waals surface area contributed by atoms with E-state index >= 15 is 0 Å². The molecular weight excluding hydrogens is 407 g/mol. The van der Waals surface area contributed by atoms with Gasteiger partial charge in [0.1, 0.15) is 11.6 Å². The van der Waals surface area contributed by atoms with Crippen molar-refractivity contribution in [1.29, 1.82) is 0 Å². The summed E-state index contributed by atoms with van der Waals surface area (Å²) in [6, 6.07) is 13.3. The number of hydrogen-bond acceptors (Lipinski definition) is 5. The molecule has 0 aliphatic carbocycles. The van der Waals surface area contributed by atoms with Gasteiger partial charge in [0.25, 0.3) is 0 Å². The van der Waals surface area contributed by atoms with Crippen LogP contribution in [0.1, 0.15) is 49.0 Å². The number of nitrogens with zero attached hydrogens (tertiary/aromatic N) is 2. The third-order valence-corrected chi connectivity index (χ3v) is 5.22. The van der Waals surface area contributed by atoms with E-state index < -0.39 is 5.41 Å². The van der Waals surface area contributed by atoms with Crippen LogP contribution in [-0.4, -0.2) is 27.6 Å². The Morgan fingerprint density at radius 3 is 2.40 bits per heavy atom. The zero-order valence-electron chi connectivity index (χ0n) is 16.9. The fraction of sp³-hybridized carbons (Fsp3) is 0.348. The summed E-state index contributed by atoms with van der Waals surface area (Å²) in [7, 11) is 0. The SMILES string of the molecule is CC(C)(CO)c1nc(C(CC(=O)Cc2ccc(F)cc2)Cc2ccc(Cl)cc2)no1. The van der Waals surface area contributed by atoms with Gasteiger partial charge in [-0.2, -0.15) is 4.98 Å². The van der Waals surface area contributed by atoms with Crippen molar-refractivity contribution in [2.75, 3.05) is 6.61 Å². The van der Waals surface area contributed by atoms with Crippen LogP contribution in [0.5, 0.6) is 0 Å². The maximum atomic E-state index is 13.1. The van der Waals surface area contributed by atoms with Crippen LogP contribution in [0.25, 0.3) is 0 Å². The molecule has 2 aromatic carbocycles. The molecule has 0 spiro atoms. The lowest BCUT2D eigenvalue weighted by molar-refractivity contribution is -0.118. The molecule has 3 rings (SSSR count). The van der Waals surface area contributed by atoms with Crippen LogP contribution in [0, 0.1) is 5.82 Å². The Labute approximate surface area is 179 Å². The van der Waals surface area contributed by atoms with Crippen LogP contribution in [-0.2, 0) is 23.1 Å². The molecule has 1 N–H and O–H groups in total. The van der Waals surface area contributed by atoms with Gasteiger partial charge in [0, 0.05) is 23.8 Å². The van der Waals surface area contributed by atoms with E-state index in [0.29, 0.717) is 23.2 Å². The van der Waals surface area contributed by atoms with Gasteiger partial charge in [-0.3, -0.25) is 4.79 Å². The van der Waals surface area contributed by atoms with Crippen molar-refractivity contribution < 1.29 is 18.8 Å². The van der Waals surface area contributed by atoms with Crippen molar-refractivity contribution in [2.24, 2.45) is 0 Å². The van der Waals surface area contributed by atoms with Crippen LogP contribution in [0.3, 0.4) is 0 Å². The largest absolute Gasteiger partial charge is 0.395 e. The monoisotopic (exact) mass is 430 g/mol. The topological polar surface area (TPSA) is 76.2 Å². The molecule has 0 radical (unpaired) electrons. The molecule has 1 unspecified atom stereocenters. The normalized spacial score (nSPS) is 12.7. The summed E-state index contributed by atoms with van der Waals surface area (Å²) < 4.78 is 18.5. The second kappa shape index (κ2) is 9.49. The molecule has 158 valence electrons. The quantitative estimate of drug-likeness (QED) is 0.534. The maximum absolute atomic E-state index is 13.1. The zero-order valence-corrected chi connectivity index (χ0v) is 17.7. The number of benzene rings is 2. The lowest BCUT2D eigenvalue weighted by Gasteiger charge is -2.15. The molecule has 7 heteroatoms. The first-order valence-electron chi connectivity index (χ1n) is 9.72. The number of hydrogen-bond donors (Lipinski definition) is 1. The van der Waals surface area contributed by atoms with Crippen LogP contribution >= 0.6 is 11.6 Å². The first kappa shape index (κ1) is 22.1. The van der Waals surface area contributed by atoms with Gasteiger partial charge in [0.05, 0.1) is 12.0 Å². The summed E-state index contributed by atoms with van der Waals surface area (Å²) in [6.07, 6.45) is 0.938. The van der Waals surface area contributed by atoms with Crippen molar-refractivity contribution >= 4 is 17.4 Å². The van der Waals surface area contributed by atoms with E-state index in [1.165, 1.54) is 12.1 Å². The van der Waals surface area contributed by atoms with Gasteiger partial charge < -0.3 is 9.63 Å². The number of rotatable bonds is 9. The molecule has 5 nitrogen and oxygen atoms in total. The third kappa shape index (κ3) is 5.74. The Balaban J connectivity index is 1.80. The van der Waals surface area contributed by atoms with E-state index in [0.717, 1.165) is 11.1 Å². The van der Waals surface area contributed by atoms with Gasteiger partial charge in [0.2, 0.25) is 5.89 Å². The van der Waals surface area contributed by atoms with E-state index in [1.54, 1.807) is 38.1 Å². The fourth-order valence-corrected chi connectivity index (χ4v) is 3.21. The van der Waals surface area contributed by atoms with E-state index in [4.69, 9.17) is 16.1 Å². The summed E-state index contributed by atoms with van der Waals surface area (Å²) >= 11 is 5.98. The Hall–Kier alpha value is -2.57. The lowest BCUT2D eigenvalue weighted by Crippen LogP contribution is -2.22. The van der Waals surface area contributed by atoms with Crippen LogP contribution in [0.15, 0.2) is 53.1 Å². The molecule has 0 saturated carbocycles. The molecule has 0 saturated heterocycles. The smallest absolute Gasteiger partial charge is 0.234 e. The molecule has 30 heavy (non-hydrogen) atoms. The summed E-state index contributed by atoms with van der Waals surface area (Å²) in [5, 5.41) is 14.3. The maximum Gasteiger partial charge on any atom is 0.234 e. The number of carbonyl (C=O) groups excluding carboxylic acids is 1. The highest BCUT2D eigenvalue weighted by Gasteiger charge is 2.29. The molecule has 0 fully saturated rings. The van der Waals surface area contributed by atoms with E-state index in [1.807, 2.05) is 12.1 Å². The number of carbonyl (C=O) groups is 1. The van der Waals surface area contributed by atoms with Crippen LogP contribution < -0.4 is 0 Å². The number of aromatic nitrogens is 2. The minimum atomic E-state index is -0.672. The Kier molecular flexibility index (Phi) is 7.00. The summed E-state index contributed by atoms with van der Waals surface area (Å²) in [6.45, 7) is 3.47. The molecule has 1 aromatic heterocycles. The van der Waals surface area contributed by atoms with E-state index in [9.17, 15) is 14.3 Å². The standard InChI is InChI=1S/C23H24ClFN2O3/c1-23(2,14-28)22-26-21(27-30-22)17(11-15-3-7-18(24)8-4-15)13-20(29)12-16-5-9-19(25)10-6-16/h3-10,17,28H,11-14H2,1-2H3. The van der Waals surface area contributed by atoms with Gasteiger partial charge >= 0.3 is 0 Å². The minimum absolute atomic E-state index is 0.00617. The Morgan fingerprint density at radius 1 is 1.13 bits per heavy atom. The van der Waals surface area contributed by atoms with Gasteiger partial charge in [0.15, 0.2) is 5.82 Å². The summed E-state index contributed by atoms with van der Waals surface area (Å²) in [4.78, 5) is 17.2. The predicted molar refractivity (Wildman–Crippen MR) is 112 cm³/mol. The first-order valence-corrected chi connectivity index (χ1v) is 10.1. The summed E-state index contributed by atoms with van der Waals surface area (Å²) in [5.41, 5.74) is 1.07. The fourth-order valence-electron chi connectivity index (χ4n) is 3.08. The van der Waals surface area contributed by atoms with Crippen molar-refractivity contribution in [3.63, 3.8) is 0 Å². The van der Waals surface area contributed by atoms with E-state index in [2.05, 4.69) is 10.1 Å². The second-order valence-electron chi connectivity index (χ2n) is 8.07. The molecule has 1 heterocycles. The molecule has 0 amide bonds. The number of ketones is 1. The lowest BCUT2D eigenvalue weighted by atomic mass is 9.91. The van der Waals surface area contributed by atoms with Crippen molar-refractivity contribution in [1.82, 2.24) is 10.1 Å². The number of aliphatic hydroxyl groups excluding tert-OH is 1. The van der Waals surface area contributed by atoms with Gasteiger partial charge in [-0.15, -0.1) is 0 Å². The number of aliphatic hydroxyl groups is 1. The third-order valence-electron chi connectivity index (χ3n) is 4.97. The molecule has 1 atom stereocenters. The average molecular weight is 431 g/mol. The molecule has 0 aliphatic heterocycles. The van der Waals surface area contributed by atoms with Gasteiger partial charge in [-0.1, -0.05) is 41.0 Å². The molecule has 0 bridgehead atoms. The number of halogens is 2. The highest BCUT2D eigenvalue weighted by molar-refractivity contribution is 6.30.